The molecule has 3 aromatic rings. The van der Waals surface area contributed by atoms with Gasteiger partial charge in [-0.05, 0) is 30.9 Å². The minimum Gasteiger partial charge on any atom is -0.467 e. The van der Waals surface area contributed by atoms with Gasteiger partial charge >= 0.3 is 5.97 Å². The Bertz CT molecular complexity index is 1070. The van der Waals surface area contributed by atoms with Gasteiger partial charge in [0, 0.05) is 41.3 Å². The number of aromatic amines is 2. The van der Waals surface area contributed by atoms with E-state index in [0.717, 1.165) is 40.8 Å². The Morgan fingerprint density at radius 3 is 2.78 bits per heavy atom. The molecule has 1 aromatic carbocycles. The molecule has 8 nitrogen and oxygen atoms in total. The first-order valence-electron chi connectivity index (χ1n) is 11.3. The molecule has 0 radical (unpaired) electrons. The summed E-state index contributed by atoms with van der Waals surface area (Å²) in [6.07, 6.45) is 10.2. The Morgan fingerprint density at radius 1 is 1.22 bits per heavy atom. The lowest BCUT2D eigenvalue weighted by Crippen LogP contribution is -2.50. The topological polar surface area (TPSA) is 126 Å². The van der Waals surface area contributed by atoms with Crippen molar-refractivity contribution in [2.45, 2.75) is 62.9 Å². The average molecular weight is 438 g/mol. The van der Waals surface area contributed by atoms with E-state index in [1.807, 2.05) is 30.5 Å². The number of hydrogen-bond donors (Lipinski definition) is 4. The number of ether oxygens (including phenoxy) is 1. The van der Waals surface area contributed by atoms with Gasteiger partial charge in [-0.15, -0.1) is 0 Å². The van der Waals surface area contributed by atoms with Gasteiger partial charge in [-0.1, -0.05) is 37.5 Å². The molecule has 2 heterocycles. The minimum atomic E-state index is -0.832. The van der Waals surface area contributed by atoms with Crippen LogP contribution in [0.5, 0.6) is 0 Å². The Morgan fingerprint density at radius 2 is 2.00 bits per heavy atom. The highest BCUT2D eigenvalue weighted by Crippen LogP contribution is 2.30. The van der Waals surface area contributed by atoms with Crippen LogP contribution in [0, 0.1) is 0 Å². The quantitative estimate of drug-likeness (QED) is 0.403. The molecule has 0 aliphatic heterocycles. The minimum absolute atomic E-state index is 0.276. The van der Waals surface area contributed by atoms with E-state index < -0.39 is 24.0 Å². The van der Waals surface area contributed by atoms with Crippen molar-refractivity contribution >= 4 is 22.8 Å². The fraction of sp³-hybridized carbons (Fsp3) is 0.458. The first-order valence-corrected chi connectivity index (χ1v) is 11.3. The van der Waals surface area contributed by atoms with E-state index in [1.165, 1.54) is 26.4 Å². The zero-order valence-electron chi connectivity index (χ0n) is 18.4. The fourth-order valence-corrected chi connectivity index (χ4v) is 4.53. The summed E-state index contributed by atoms with van der Waals surface area (Å²) >= 11 is 0. The van der Waals surface area contributed by atoms with E-state index in [0.29, 0.717) is 12.3 Å². The maximum Gasteiger partial charge on any atom is 0.328 e. The maximum absolute atomic E-state index is 12.8. The summed E-state index contributed by atoms with van der Waals surface area (Å²) in [5.41, 5.74) is 8.94. The number of nitrogens with one attached hydrogen (secondary N) is 3. The molecule has 0 saturated heterocycles. The molecule has 5 N–H and O–H groups in total. The second-order valence-electron chi connectivity index (χ2n) is 8.59. The number of hydrogen-bond acceptors (Lipinski definition) is 5. The third-order valence-electron chi connectivity index (χ3n) is 6.32. The lowest BCUT2D eigenvalue weighted by Gasteiger charge is -2.20. The van der Waals surface area contributed by atoms with Gasteiger partial charge in [0.1, 0.15) is 11.9 Å². The number of fused-ring (bicyclic) bond motifs is 1. The molecule has 1 saturated carbocycles. The van der Waals surface area contributed by atoms with Crippen LogP contribution in [0.25, 0.3) is 10.9 Å². The number of methoxy groups -OCH3 is 1. The average Bonchev–Trinajstić information content (AvgIpc) is 3.46. The molecule has 170 valence electrons. The summed E-state index contributed by atoms with van der Waals surface area (Å²) in [4.78, 5) is 36.2. The predicted octanol–water partition coefficient (Wildman–Crippen LogP) is 2.71. The van der Waals surface area contributed by atoms with E-state index >= 15 is 0 Å². The van der Waals surface area contributed by atoms with E-state index in [2.05, 4.69) is 20.3 Å². The Labute approximate surface area is 187 Å². The van der Waals surface area contributed by atoms with Crippen LogP contribution in [-0.4, -0.2) is 46.0 Å². The van der Waals surface area contributed by atoms with Gasteiger partial charge in [-0.2, -0.15) is 0 Å². The number of nitrogens with two attached hydrogens (primary N) is 1. The number of benzene rings is 1. The van der Waals surface area contributed by atoms with Crippen molar-refractivity contribution in [1.29, 1.82) is 0 Å². The van der Waals surface area contributed by atoms with Gasteiger partial charge in [0.05, 0.1) is 13.2 Å². The number of H-pyrrole nitrogens is 2. The van der Waals surface area contributed by atoms with Gasteiger partial charge < -0.3 is 25.8 Å². The molecule has 1 aliphatic rings. The van der Waals surface area contributed by atoms with E-state index in [9.17, 15) is 9.59 Å². The molecule has 0 bridgehead atoms. The van der Waals surface area contributed by atoms with Crippen molar-refractivity contribution < 1.29 is 14.3 Å². The molecule has 32 heavy (non-hydrogen) atoms. The standard InChI is InChI=1S/C24H31N5O3/c1-32-24(31)21(12-17-14-27-22(28-17)15-7-3-2-4-8-15)29-23(30)19(25)11-16-13-26-20-10-6-5-9-18(16)20/h5-6,9-10,13-15,19,21,26H,2-4,7-8,11-12,25H2,1H3,(H,27,28)(H,29,30)/t19-,21-/m0/s1. The van der Waals surface area contributed by atoms with Gasteiger partial charge in [0.25, 0.3) is 0 Å². The molecule has 1 fully saturated rings. The summed E-state index contributed by atoms with van der Waals surface area (Å²) in [6.45, 7) is 0. The number of rotatable bonds is 8. The fourth-order valence-electron chi connectivity index (χ4n) is 4.53. The number of nitrogens with zero attached hydrogens (tertiary/aromatic N) is 1. The molecular formula is C24H31N5O3. The van der Waals surface area contributed by atoms with E-state index in [4.69, 9.17) is 10.5 Å². The lowest BCUT2D eigenvalue weighted by atomic mass is 9.89. The summed E-state index contributed by atoms with van der Waals surface area (Å²) in [6, 6.07) is 6.24. The van der Waals surface area contributed by atoms with Crippen LogP contribution in [-0.2, 0) is 27.2 Å². The SMILES string of the molecule is COC(=O)[C@H](Cc1cnc(C2CCCCC2)[nH]1)NC(=O)[C@@H](N)Cc1c[nH]c2ccccc12. The Kier molecular flexibility index (Phi) is 6.90. The molecule has 1 amide bonds. The number of para-hydroxylation sites is 1. The smallest absolute Gasteiger partial charge is 0.328 e. The second kappa shape index (κ2) is 9.99. The molecule has 4 rings (SSSR count). The van der Waals surface area contributed by atoms with Gasteiger partial charge in [-0.25, -0.2) is 9.78 Å². The van der Waals surface area contributed by atoms with Crippen LogP contribution in [0.3, 0.4) is 0 Å². The highest BCUT2D eigenvalue weighted by atomic mass is 16.5. The lowest BCUT2D eigenvalue weighted by molar-refractivity contribution is -0.145. The predicted molar refractivity (Wildman–Crippen MR) is 122 cm³/mol. The van der Waals surface area contributed by atoms with Crippen molar-refractivity contribution in [2.75, 3.05) is 7.11 Å². The first-order chi connectivity index (χ1) is 15.5. The number of esters is 1. The zero-order chi connectivity index (χ0) is 22.5. The molecule has 2 aromatic heterocycles. The third-order valence-corrected chi connectivity index (χ3v) is 6.32. The van der Waals surface area contributed by atoms with Crippen LogP contribution in [0.1, 0.15) is 55.1 Å². The molecule has 0 unspecified atom stereocenters. The van der Waals surface area contributed by atoms with Crippen molar-refractivity contribution in [2.24, 2.45) is 5.73 Å². The van der Waals surface area contributed by atoms with Crippen LogP contribution in [0.4, 0.5) is 0 Å². The first kappa shape index (κ1) is 22.1. The molecule has 0 spiro atoms. The van der Waals surface area contributed by atoms with Crippen molar-refractivity contribution in [1.82, 2.24) is 20.3 Å². The normalized spacial score (nSPS) is 16.6. The molecular weight excluding hydrogens is 406 g/mol. The number of imidazole rings is 1. The van der Waals surface area contributed by atoms with Crippen LogP contribution in [0.15, 0.2) is 36.7 Å². The highest BCUT2D eigenvalue weighted by Gasteiger charge is 2.27. The van der Waals surface area contributed by atoms with Gasteiger partial charge in [0.2, 0.25) is 5.91 Å². The summed E-state index contributed by atoms with van der Waals surface area (Å²) in [5.74, 6) is 0.503. The van der Waals surface area contributed by atoms with Crippen LogP contribution >= 0.6 is 0 Å². The van der Waals surface area contributed by atoms with E-state index in [1.54, 1.807) is 6.20 Å². The largest absolute Gasteiger partial charge is 0.467 e. The highest BCUT2D eigenvalue weighted by molar-refractivity contribution is 5.89. The molecule has 1 aliphatic carbocycles. The number of carbonyl (C=O) groups excluding carboxylic acids is 2. The Hall–Kier alpha value is -3.13. The molecule has 8 heteroatoms. The monoisotopic (exact) mass is 437 g/mol. The number of carbonyl (C=O) groups is 2. The number of aromatic nitrogens is 3. The van der Waals surface area contributed by atoms with Crippen molar-refractivity contribution in [3.8, 4) is 0 Å². The maximum atomic E-state index is 12.8. The van der Waals surface area contributed by atoms with Crippen LogP contribution in [0.2, 0.25) is 0 Å². The summed E-state index contributed by atoms with van der Waals surface area (Å²) in [5, 5.41) is 3.80. The second-order valence-corrected chi connectivity index (χ2v) is 8.59. The Balaban J connectivity index is 1.40. The van der Waals surface area contributed by atoms with Crippen molar-refractivity contribution in [3.05, 3.63) is 53.7 Å². The summed E-state index contributed by atoms with van der Waals surface area (Å²) < 4.78 is 4.92. The van der Waals surface area contributed by atoms with Crippen LogP contribution < -0.4 is 11.1 Å². The van der Waals surface area contributed by atoms with Gasteiger partial charge in [-0.3, -0.25) is 4.79 Å². The summed E-state index contributed by atoms with van der Waals surface area (Å²) in [7, 11) is 1.31. The zero-order valence-corrected chi connectivity index (χ0v) is 18.4. The molecule has 2 atom stereocenters. The number of amides is 1. The van der Waals surface area contributed by atoms with Gasteiger partial charge in [0.15, 0.2) is 0 Å². The van der Waals surface area contributed by atoms with Crippen molar-refractivity contribution in [3.63, 3.8) is 0 Å². The third kappa shape index (κ3) is 5.02. The van der Waals surface area contributed by atoms with E-state index in [-0.39, 0.29) is 6.42 Å².